The van der Waals surface area contributed by atoms with Crippen LogP contribution in [0.25, 0.3) is 0 Å². The van der Waals surface area contributed by atoms with Crippen molar-refractivity contribution in [1.29, 1.82) is 0 Å². The lowest BCUT2D eigenvalue weighted by Crippen LogP contribution is -2.36. The Labute approximate surface area is 124 Å². The number of nitrogens with zero attached hydrogens (tertiary/aromatic N) is 3. The van der Waals surface area contributed by atoms with E-state index in [2.05, 4.69) is 20.6 Å². The third-order valence-electron chi connectivity index (χ3n) is 3.44. The third-order valence-corrected chi connectivity index (χ3v) is 3.44. The summed E-state index contributed by atoms with van der Waals surface area (Å²) in [7, 11) is 0. The van der Waals surface area contributed by atoms with E-state index in [0.717, 1.165) is 0 Å². The van der Waals surface area contributed by atoms with Gasteiger partial charge >= 0.3 is 5.69 Å². The third kappa shape index (κ3) is 4.25. The summed E-state index contributed by atoms with van der Waals surface area (Å²) in [5, 5.41) is 26.5. The van der Waals surface area contributed by atoms with Crippen molar-refractivity contribution in [1.82, 2.24) is 9.97 Å². The van der Waals surface area contributed by atoms with Gasteiger partial charge in [0.05, 0.1) is 4.92 Å². The molecule has 0 spiro atoms. The molecule has 0 bridgehead atoms. The van der Waals surface area contributed by atoms with E-state index in [1.54, 1.807) is 6.92 Å². The molecule has 0 aliphatic rings. The zero-order chi connectivity index (χ0) is 16.0. The van der Waals surface area contributed by atoms with Crippen LogP contribution in [-0.4, -0.2) is 38.7 Å². The van der Waals surface area contributed by atoms with Crippen molar-refractivity contribution < 1.29 is 10.0 Å². The maximum Gasteiger partial charge on any atom is 0.332 e. The zero-order valence-corrected chi connectivity index (χ0v) is 12.9. The minimum absolute atomic E-state index is 0.00469. The second-order valence-corrected chi connectivity index (χ2v) is 5.13. The van der Waals surface area contributed by atoms with Gasteiger partial charge in [0.1, 0.15) is 5.69 Å². The molecular formula is C13H23N5O3. The van der Waals surface area contributed by atoms with Crippen LogP contribution < -0.4 is 10.6 Å². The van der Waals surface area contributed by atoms with Crippen LogP contribution in [0, 0.1) is 17.0 Å². The molecule has 0 fully saturated rings. The molecule has 1 atom stereocenters. The number of rotatable bonds is 8. The number of nitrogens with one attached hydrogen (secondary N) is 2. The number of aliphatic hydroxyl groups excluding tert-OH is 1. The van der Waals surface area contributed by atoms with E-state index in [1.807, 2.05) is 20.8 Å². The largest absolute Gasteiger partial charge is 0.396 e. The van der Waals surface area contributed by atoms with Gasteiger partial charge in [-0.05, 0) is 33.6 Å². The molecule has 0 saturated carbocycles. The summed E-state index contributed by atoms with van der Waals surface area (Å²) in [5.41, 5.74) is -0.297. The van der Waals surface area contributed by atoms with E-state index in [4.69, 9.17) is 5.11 Å². The van der Waals surface area contributed by atoms with Crippen molar-refractivity contribution in [2.45, 2.75) is 46.1 Å². The van der Waals surface area contributed by atoms with Crippen LogP contribution in [0.15, 0.2) is 0 Å². The fourth-order valence-electron chi connectivity index (χ4n) is 1.97. The lowest BCUT2D eigenvalue weighted by molar-refractivity contribution is -0.385. The average Bonchev–Trinajstić information content (AvgIpc) is 2.38. The van der Waals surface area contributed by atoms with Crippen LogP contribution in [0.1, 0.15) is 39.3 Å². The van der Waals surface area contributed by atoms with Gasteiger partial charge in [-0.3, -0.25) is 10.1 Å². The average molecular weight is 297 g/mol. The first-order valence-electron chi connectivity index (χ1n) is 7.02. The Morgan fingerprint density at radius 3 is 2.52 bits per heavy atom. The quantitative estimate of drug-likeness (QED) is 0.497. The van der Waals surface area contributed by atoms with Crippen molar-refractivity contribution in [3.8, 4) is 0 Å². The van der Waals surface area contributed by atoms with Crippen molar-refractivity contribution in [2.24, 2.45) is 0 Å². The molecule has 1 aromatic rings. The summed E-state index contributed by atoms with van der Waals surface area (Å²) < 4.78 is 0. The Morgan fingerprint density at radius 2 is 2.05 bits per heavy atom. The van der Waals surface area contributed by atoms with E-state index >= 15 is 0 Å². The Hall–Kier alpha value is -1.96. The standard InChI is InChI=1S/C13H23N5O3/c1-5-13(4,7-8-19)17-11-10(18(20)21)9(3)15-12(16-11)14-6-2/h19H,5-8H2,1-4H3,(H2,14,15,16,17). The molecule has 0 radical (unpaired) electrons. The molecule has 21 heavy (non-hydrogen) atoms. The summed E-state index contributed by atoms with van der Waals surface area (Å²) in [4.78, 5) is 19.1. The fraction of sp³-hybridized carbons (Fsp3) is 0.692. The SMILES string of the molecule is CCNc1nc(C)c([N+](=O)[O-])c(NC(C)(CC)CCO)n1. The number of aromatic nitrogens is 2. The molecule has 0 aliphatic heterocycles. The first-order valence-corrected chi connectivity index (χ1v) is 7.02. The van der Waals surface area contributed by atoms with Gasteiger partial charge in [0, 0.05) is 18.7 Å². The number of anilines is 2. The Kier molecular flexibility index (Phi) is 5.83. The van der Waals surface area contributed by atoms with E-state index in [1.165, 1.54) is 0 Å². The molecule has 8 nitrogen and oxygen atoms in total. The molecule has 0 aliphatic carbocycles. The molecule has 0 amide bonds. The van der Waals surface area contributed by atoms with Crippen LogP contribution in [0.5, 0.6) is 0 Å². The van der Waals surface area contributed by atoms with Crippen molar-refractivity contribution >= 4 is 17.5 Å². The summed E-state index contributed by atoms with van der Waals surface area (Å²) in [6.07, 6.45) is 1.17. The highest BCUT2D eigenvalue weighted by Gasteiger charge is 2.28. The van der Waals surface area contributed by atoms with Gasteiger partial charge in [-0.1, -0.05) is 6.92 Å². The van der Waals surface area contributed by atoms with E-state index < -0.39 is 10.5 Å². The molecular weight excluding hydrogens is 274 g/mol. The van der Waals surface area contributed by atoms with E-state index in [0.29, 0.717) is 31.0 Å². The van der Waals surface area contributed by atoms with E-state index in [9.17, 15) is 10.1 Å². The Bertz CT molecular complexity index is 509. The first kappa shape index (κ1) is 17.1. The minimum atomic E-state index is -0.484. The lowest BCUT2D eigenvalue weighted by atomic mass is 9.95. The van der Waals surface area contributed by atoms with Crippen molar-refractivity contribution in [3.63, 3.8) is 0 Å². The number of aliphatic hydroxyl groups is 1. The predicted octanol–water partition coefficient (Wildman–Crippen LogP) is 2.09. The number of hydrogen-bond acceptors (Lipinski definition) is 7. The Balaban J connectivity index is 3.27. The van der Waals surface area contributed by atoms with E-state index in [-0.39, 0.29) is 18.1 Å². The summed E-state index contributed by atoms with van der Waals surface area (Å²) in [6, 6.07) is 0. The second kappa shape index (κ2) is 7.16. The fourth-order valence-corrected chi connectivity index (χ4v) is 1.97. The van der Waals surface area contributed by atoms with Crippen LogP contribution in [-0.2, 0) is 0 Å². The van der Waals surface area contributed by atoms with Gasteiger partial charge in [-0.15, -0.1) is 0 Å². The van der Waals surface area contributed by atoms with Crippen LogP contribution in [0.3, 0.4) is 0 Å². The van der Waals surface area contributed by atoms with Crippen LogP contribution in [0.2, 0.25) is 0 Å². The highest BCUT2D eigenvalue weighted by Crippen LogP contribution is 2.30. The van der Waals surface area contributed by atoms with Crippen molar-refractivity contribution in [3.05, 3.63) is 15.8 Å². The Morgan fingerprint density at radius 1 is 1.38 bits per heavy atom. The van der Waals surface area contributed by atoms with Gasteiger partial charge in [-0.2, -0.15) is 4.98 Å². The smallest absolute Gasteiger partial charge is 0.332 e. The molecule has 1 unspecified atom stereocenters. The normalized spacial score (nSPS) is 13.6. The number of nitro groups is 1. The van der Waals surface area contributed by atoms with Gasteiger partial charge in [-0.25, -0.2) is 4.98 Å². The highest BCUT2D eigenvalue weighted by molar-refractivity contribution is 5.61. The maximum atomic E-state index is 11.3. The minimum Gasteiger partial charge on any atom is -0.396 e. The highest BCUT2D eigenvalue weighted by atomic mass is 16.6. The van der Waals surface area contributed by atoms with Gasteiger partial charge in [0.25, 0.3) is 0 Å². The second-order valence-electron chi connectivity index (χ2n) is 5.13. The monoisotopic (exact) mass is 297 g/mol. The topological polar surface area (TPSA) is 113 Å². The molecule has 0 saturated heterocycles. The summed E-state index contributed by atoms with van der Waals surface area (Å²) >= 11 is 0. The molecule has 8 heteroatoms. The molecule has 3 N–H and O–H groups in total. The molecule has 1 heterocycles. The van der Waals surface area contributed by atoms with Crippen molar-refractivity contribution in [2.75, 3.05) is 23.8 Å². The lowest BCUT2D eigenvalue weighted by Gasteiger charge is -2.29. The molecule has 1 aromatic heterocycles. The van der Waals surface area contributed by atoms with Gasteiger partial charge in [0.15, 0.2) is 0 Å². The molecule has 0 aromatic carbocycles. The molecule has 1 rings (SSSR count). The summed E-state index contributed by atoms with van der Waals surface area (Å²) in [5.74, 6) is 0.534. The maximum absolute atomic E-state index is 11.3. The van der Waals surface area contributed by atoms with Crippen LogP contribution in [0.4, 0.5) is 17.5 Å². The zero-order valence-electron chi connectivity index (χ0n) is 12.9. The van der Waals surface area contributed by atoms with Crippen LogP contribution >= 0.6 is 0 Å². The van der Waals surface area contributed by atoms with Gasteiger partial charge in [0.2, 0.25) is 11.8 Å². The van der Waals surface area contributed by atoms with Gasteiger partial charge < -0.3 is 15.7 Å². The number of aryl methyl sites for hydroxylation is 1. The summed E-state index contributed by atoms with van der Waals surface area (Å²) in [6.45, 7) is 7.95. The number of hydrogen-bond donors (Lipinski definition) is 3. The predicted molar refractivity (Wildman–Crippen MR) is 81.6 cm³/mol. The molecule has 118 valence electrons. The first-order chi connectivity index (χ1) is 9.86.